The van der Waals surface area contributed by atoms with E-state index in [-0.39, 0.29) is 24.1 Å². The van der Waals surface area contributed by atoms with Gasteiger partial charge in [-0.15, -0.1) is 0 Å². The van der Waals surface area contributed by atoms with Crippen molar-refractivity contribution in [1.82, 2.24) is 10.6 Å². The maximum Gasteiger partial charge on any atom is 0.251 e. The van der Waals surface area contributed by atoms with Crippen molar-refractivity contribution >= 4 is 23.4 Å². The Balaban J connectivity index is 1.64. The van der Waals surface area contributed by atoms with Crippen LogP contribution in [0.4, 0.5) is 4.39 Å². The summed E-state index contributed by atoms with van der Waals surface area (Å²) in [7, 11) is 0. The second-order valence-corrected chi connectivity index (χ2v) is 5.68. The lowest BCUT2D eigenvalue weighted by molar-refractivity contribution is -0.121. The average Bonchev–Trinajstić information content (AvgIpc) is 2.57. The standard InChI is InChI=1S/C18H18ClFN2O2/c19-15-7-5-14(6-8-15)18(24)22-11-10-21-17(23)9-4-13-2-1-3-16(20)12-13/h1-3,5-8,12H,4,9-11H2,(H,21,23)(H,22,24). The Morgan fingerprint density at radius 3 is 2.42 bits per heavy atom. The van der Waals surface area contributed by atoms with Crippen LogP contribution in [0.5, 0.6) is 0 Å². The number of carbonyl (C=O) groups is 2. The van der Waals surface area contributed by atoms with Crippen molar-refractivity contribution in [2.75, 3.05) is 13.1 Å². The van der Waals surface area contributed by atoms with Gasteiger partial charge in [0, 0.05) is 30.1 Å². The van der Waals surface area contributed by atoms with Crippen molar-refractivity contribution in [2.24, 2.45) is 0 Å². The van der Waals surface area contributed by atoms with E-state index in [0.717, 1.165) is 5.56 Å². The minimum absolute atomic E-state index is 0.139. The molecule has 2 N–H and O–H groups in total. The summed E-state index contributed by atoms with van der Waals surface area (Å²) in [5.74, 6) is -0.668. The molecule has 0 aliphatic carbocycles. The summed E-state index contributed by atoms with van der Waals surface area (Å²) in [5, 5.41) is 5.99. The van der Waals surface area contributed by atoms with Gasteiger partial charge in [0.05, 0.1) is 0 Å². The van der Waals surface area contributed by atoms with Gasteiger partial charge in [-0.25, -0.2) is 4.39 Å². The highest BCUT2D eigenvalue weighted by molar-refractivity contribution is 6.30. The second-order valence-electron chi connectivity index (χ2n) is 5.24. The van der Waals surface area contributed by atoms with Gasteiger partial charge in [0.25, 0.3) is 5.91 Å². The van der Waals surface area contributed by atoms with Crippen LogP contribution in [0, 0.1) is 5.82 Å². The van der Waals surface area contributed by atoms with Gasteiger partial charge >= 0.3 is 0 Å². The molecule has 0 spiro atoms. The average molecular weight is 349 g/mol. The van der Waals surface area contributed by atoms with Gasteiger partial charge in [-0.2, -0.15) is 0 Å². The SMILES string of the molecule is O=C(CCc1cccc(F)c1)NCCNC(=O)c1ccc(Cl)cc1. The molecule has 24 heavy (non-hydrogen) atoms. The Morgan fingerprint density at radius 2 is 1.71 bits per heavy atom. The van der Waals surface area contributed by atoms with Crippen molar-refractivity contribution in [3.63, 3.8) is 0 Å². The van der Waals surface area contributed by atoms with Crippen molar-refractivity contribution in [3.8, 4) is 0 Å². The van der Waals surface area contributed by atoms with Crippen molar-refractivity contribution in [2.45, 2.75) is 12.8 Å². The third-order valence-electron chi connectivity index (χ3n) is 3.37. The van der Waals surface area contributed by atoms with Gasteiger partial charge in [0.15, 0.2) is 0 Å². The second kappa shape index (κ2) is 9.03. The molecule has 0 aliphatic rings. The molecule has 4 nitrogen and oxygen atoms in total. The van der Waals surface area contributed by atoms with Crippen LogP contribution in [0.1, 0.15) is 22.3 Å². The first kappa shape index (κ1) is 17.9. The first-order chi connectivity index (χ1) is 11.5. The number of nitrogens with one attached hydrogen (secondary N) is 2. The van der Waals surface area contributed by atoms with Gasteiger partial charge in [0.2, 0.25) is 5.91 Å². The van der Waals surface area contributed by atoms with Gasteiger partial charge in [-0.1, -0.05) is 23.7 Å². The van der Waals surface area contributed by atoms with Crippen LogP contribution in [0.2, 0.25) is 5.02 Å². The minimum atomic E-state index is -0.308. The molecule has 2 aromatic rings. The number of benzene rings is 2. The number of amides is 2. The van der Waals surface area contributed by atoms with Crippen molar-refractivity contribution in [1.29, 1.82) is 0 Å². The number of hydrogen-bond acceptors (Lipinski definition) is 2. The highest BCUT2D eigenvalue weighted by Crippen LogP contribution is 2.09. The maximum atomic E-state index is 13.0. The first-order valence-electron chi connectivity index (χ1n) is 7.59. The number of halogens is 2. The molecule has 126 valence electrons. The van der Waals surface area contributed by atoms with E-state index in [1.807, 2.05) is 0 Å². The van der Waals surface area contributed by atoms with Gasteiger partial charge in [-0.3, -0.25) is 9.59 Å². The van der Waals surface area contributed by atoms with E-state index < -0.39 is 0 Å². The highest BCUT2D eigenvalue weighted by atomic mass is 35.5. The minimum Gasteiger partial charge on any atom is -0.354 e. The van der Waals surface area contributed by atoms with E-state index in [1.165, 1.54) is 12.1 Å². The van der Waals surface area contributed by atoms with Crippen molar-refractivity contribution in [3.05, 3.63) is 70.5 Å². The zero-order valence-electron chi connectivity index (χ0n) is 13.0. The smallest absolute Gasteiger partial charge is 0.251 e. The fraction of sp³-hybridized carbons (Fsp3) is 0.222. The Morgan fingerprint density at radius 1 is 1.00 bits per heavy atom. The molecule has 0 unspecified atom stereocenters. The largest absolute Gasteiger partial charge is 0.354 e. The van der Waals surface area contributed by atoms with Crippen LogP contribution in [0.3, 0.4) is 0 Å². The predicted octanol–water partition coefficient (Wildman–Crippen LogP) is 2.96. The molecule has 0 aliphatic heterocycles. The molecule has 2 amide bonds. The van der Waals surface area contributed by atoms with Gasteiger partial charge < -0.3 is 10.6 Å². The van der Waals surface area contributed by atoms with E-state index in [4.69, 9.17) is 11.6 Å². The van der Waals surface area contributed by atoms with Crippen LogP contribution in [-0.4, -0.2) is 24.9 Å². The molecule has 2 aromatic carbocycles. The molecule has 0 saturated heterocycles. The molecule has 2 rings (SSSR count). The molecule has 0 bridgehead atoms. The third-order valence-corrected chi connectivity index (χ3v) is 3.62. The predicted molar refractivity (Wildman–Crippen MR) is 91.5 cm³/mol. The molecular formula is C18H18ClFN2O2. The molecule has 0 saturated carbocycles. The summed E-state index contributed by atoms with van der Waals surface area (Å²) in [6, 6.07) is 12.7. The molecule has 0 heterocycles. The molecular weight excluding hydrogens is 331 g/mol. The number of carbonyl (C=O) groups excluding carboxylic acids is 2. The van der Waals surface area contributed by atoms with Crippen LogP contribution in [0.25, 0.3) is 0 Å². The quantitative estimate of drug-likeness (QED) is 0.756. The van der Waals surface area contributed by atoms with Crippen LogP contribution < -0.4 is 10.6 Å². The summed E-state index contributed by atoms with van der Waals surface area (Å²) in [5.41, 5.74) is 1.29. The molecule has 0 atom stereocenters. The molecule has 0 fully saturated rings. The normalized spacial score (nSPS) is 10.2. The monoisotopic (exact) mass is 348 g/mol. The Kier molecular flexibility index (Phi) is 6.75. The molecule has 0 radical (unpaired) electrons. The number of hydrogen-bond donors (Lipinski definition) is 2. The van der Waals surface area contributed by atoms with E-state index in [2.05, 4.69) is 10.6 Å². The lowest BCUT2D eigenvalue weighted by Crippen LogP contribution is -2.34. The highest BCUT2D eigenvalue weighted by Gasteiger charge is 2.05. The zero-order valence-corrected chi connectivity index (χ0v) is 13.8. The fourth-order valence-electron chi connectivity index (χ4n) is 2.12. The van der Waals surface area contributed by atoms with Gasteiger partial charge in [0.1, 0.15) is 5.82 Å². The van der Waals surface area contributed by atoms with E-state index in [9.17, 15) is 14.0 Å². The van der Waals surface area contributed by atoms with Crippen LogP contribution in [0.15, 0.2) is 48.5 Å². The lowest BCUT2D eigenvalue weighted by atomic mass is 10.1. The maximum absolute atomic E-state index is 13.0. The van der Waals surface area contributed by atoms with E-state index >= 15 is 0 Å². The lowest BCUT2D eigenvalue weighted by Gasteiger charge is -2.07. The molecule has 6 heteroatoms. The summed E-state index contributed by atoms with van der Waals surface area (Å²) >= 11 is 5.76. The van der Waals surface area contributed by atoms with Crippen molar-refractivity contribution < 1.29 is 14.0 Å². The van der Waals surface area contributed by atoms with Gasteiger partial charge in [-0.05, 0) is 48.4 Å². The third kappa shape index (κ3) is 6.01. The van der Waals surface area contributed by atoms with Crippen LogP contribution >= 0.6 is 11.6 Å². The summed E-state index contributed by atoms with van der Waals surface area (Å²) < 4.78 is 13.0. The first-order valence-corrected chi connectivity index (χ1v) is 7.97. The number of aryl methyl sites for hydroxylation is 1. The Hall–Kier alpha value is -2.40. The van der Waals surface area contributed by atoms with E-state index in [0.29, 0.717) is 30.1 Å². The van der Waals surface area contributed by atoms with E-state index in [1.54, 1.807) is 36.4 Å². The number of rotatable bonds is 7. The Labute approximate surface area is 145 Å². The Bertz CT molecular complexity index is 704. The fourth-order valence-corrected chi connectivity index (χ4v) is 2.25. The summed E-state index contributed by atoms with van der Waals surface area (Å²) in [6.07, 6.45) is 0.745. The summed E-state index contributed by atoms with van der Waals surface area (Å²) in [4.78, 5) is 23.6. The zero-order chi connectivity index (χ0) is 17.4. The topological polar surface area (TPSA) is 58.2 Å². The van der Waals surface area contributed by atoms with Crippen LogP contribution in [-0.2, 0) is 11.2 Å². The summed E-state index contributed by atoms with van der Waals surface area (Å²) in [6.45, 7) is 0.661. The molecule has 0 aromatic heterocycles.